The normalized spacial score (nSPS) is 10.3. The molecule has 116 valence electrons. The van der Waals surface area contributed by atoms with Gasteiger partial charge in [-0.3, -0.25) is 4.79 Å². The predicted octanol–water partition coefficient (Wildman–Crippen LogP) is 5.23. The van der Waals surface area contributed by atoms with Crippen LogP contribution in [0, 0.1) is 0 Å². The van der Waals surface area contributed by atoms with Crippen LogP contribution in [0.25, 0.3) is 0 Å². The SMILES string of the molecule is CCSc1ccccc1NC(=O)COc1ccc(Br)cc1Cl. The van der Waals surface area contributed by atoms with Crippen molar-refractivity contribution in [1.82, 2.24) is 0 Å². The summed E-state index contributed by atoms with van der Waals surface area (Å²) in [5.74, 6) is 1.21. The van der Waals surface area contributed by atoms with E-state index in [1.807, 2.05) is 30.3 Å². The minimum absolute atomic E-state index is 0.0908. The summed E-state index contributed by atoms with van der Waals surface area (Å²) in [6.07, 6.45) is 0. The quantitative estimate of drug-likeness (QED) is 0.675. The summed E-state index contributed by atoms with van der Waals surface area (Å²) in [4.78, 5) is 13.1. The summed E-state index contributed by atoms with van der Waals surface area (Å²) in [7, 11) is 0. The number of carbonyl (C=O) groups excluding carboxylic acids is 1. The van der Waals surface area contributed by atoms with E-state index in [0.29, 0.717) is 10.8 Å². The van der Waals surface area contributed by atoms with Crippen LogP contribution in [0.15, 0.2) is 51.8 Å². The van der Waals surface area contributed by atoms with Gasteiger partial charge in [0.1, 0.15) is 5.75 Å². The van der Waals surface area contributed by atoms with Gasteiger partial charge in [-0.2, -0.15) is 0 Å². The molecule has 0 bridgehead atoms. The lowest BCUT2D eigenvalue weighted by Crippen LogP contribution is -2.20. The van der Waals surface area contributed by atoms with Crippen LogP contribution in [0.5, 0.6) is 5.75 Å². The second-order valence-corrected chi connectivity index (χ2v) is 6.97. The zero-order valence-corrected chi connectivity index (χ0v) is 15.1. The van der Waals surface area contributed by atoms with Crippen LogP contribution < -0.4 is 10.1 Å². The lowest BCUT2D eigenvalue weighted by Gasteiger charge is -2.11. The van der Waals surface area contributed by atoms with E-state index in [9.17, 15) is 4.79 Å². The standard InChI is InChI=1S/C16H15BrClNO2S/c1-2-22-15-6-4-3-5-13(15)19-16(20)10-21-14-8-7-11(17)9-12(14)18/h3-9H,2,10H2,1H3,(H,19,20). The number of hydrogen-bond donors (Lipinski definition) is 1. The van der Waals surface area contributed by atoms with E-state index in [1.165, 1.54) is 0 Å². The van der Waals surface area contributed by atoms with E-state index in [2.05, 4.69) is 28.2 Å². The first-order chi connectivity index (χ1) is 10.6. The molecule has 3 nitrogen and oxygen atoms in total. The first-order valence-electron chi connectivity index (χ1n) is 6.69. The Hall–Kier alpha value is -1.17. The highest BCUT2D eigenvalue weighted by molar-refractivity contribution is 9.10. The van der Waals surface area contributed by atoms with E-state index in [1.54, 1.807) is 23.9 Å². The molecule has 0 atom stereocenters. The number of nitrogens with one attached hydrogen (secondary N) is 1. The van der Waals surface area contributed by atoms with Gasteiger partial charge in [-0.15, -0.1) is 11.8 Å². The highest BCUT2D eigenvalue weighted by Gasteiger charge is 2.09. The lowest BCUT2D eigenvalue weighted by molar-refractivity contribution is -0.118. The van der Waals surface area contributed by atoms with Crippen LogP contribution in [0.4, 0.5) is 5.69 Å². The Morgan fingerprint density at radius 1 is 1.32 bits per heavy atom. The summed E-state index contributed by atoms with van der Waals surface area (Å²) in [6.45, 7) is 1.98. The third-order valence-corrected chi connectivity index (χ3v) is 4.46. The summed E-state index contributed by atoms with van der Waals surface area (Å²) in [6, 6.07) is 13.0. The molecule has 0 radical (unpaired) electrons. The maximum atomic E-state index is 12.0. The Morgan fingerprint density at radius 3 is 2.82 bits per heavy atom. The predicted molar refractivity (Wildman–Crippen MR) is 96.1 cm³/mol. The smallest absolute Gasteiger partial charge is 0.262 e. The summed E-state index contributed by atoms with van der Waals surface area (Å²) in [5, 5.41) is 3.32. The molecule has 0 saturated carbocycles. The number of carbonyl (C=O) groups is 1. The topological polar surface area (TPSA) is 38.3 Å². The summed E-state index contributed by atoms with van der Waals surface area (Å²) < 4.78 is 6.31. The zero-order chi connectivity index (χ0) is 15.9. The molecule has 0 aliphatic rings. The van der Waals surface area contributed by atoms with Crippen molar-refractivity contribution >= 4 is 50.9 Å². The molecular weight excluding hydrogens is 386 g/mol. The van der Waals surface area contributed by atoms with Crippen molar-refractivity contribution in [2.75, 3.05) is 17.7 Å². The molecule has 0 unspecified atom stereocenters. The summed E-state index contributed by atoms with van der Waals surface area (Å²) >= 11 is 11.1. The average molecular weight is 401 g/mol. The Labute approximate surface area is 147 Å². The van der Waals surface area contributed by atoms with Crippen LogP contribution in [0.3, 0.4) is 0 Å². The molecule has 0 aromatic heterocycles. The van der Waals surface area contributed by atoms with Gasteiger partial charge in [0.15, 0.2) is 6.61 Å². The third-order valence-electron chi connectivity index (χ3n) is 2.71. The van der Waals surface area contributed by atoms with Crippen LogP contribution in [0.1, 0.15) is 6.92 Å². The number of para-hydroxylation sites is 1. The minimum Gasteiger partial charge on any atom is -0.482 e. The summed E-state index contributed by atoms with van der Waals surface area (Å²) in [5.41, 5.74) is 0.796. The number of ether oxygens (including phenoxy) is 1. The van der Waals surface area contributed by atoms with Gasteiger partial charge in [0.2, 0.25) is 0 Å². The lowest BCUT2D eigenvalue weighted by atomic mass is 10.3. The second-order valence-electron chi connectivity index (χ2n) is 4.34. The number of hydrogen-bond acceptors (Lipinski definition) is 3. The maximum absolute atomic E-state index is 12.0. The molecule has 0 aliphatic carbocycles. The number of thioether (sulfide) groups is 1. The van der Waals surface area contributed by atoms with Gasteiger partial charge in [-0.1, -0.05) is 46.6 Å². The van der Waals surface area contributed by atoms with E-state index in [0.717, 1.165) is 20.8 Å². The fourth-order valence-corrected chi connectivity index (χ4v) is 3.26. The van der Waals surface area contributed by atoms with Crippen LogP contribution >= 0.6 is 39.3 Å². The molecule has 0 aliphatic heterocycles. The van der Waals surface area contributed by atoms with Crippen molar-refractivity contribution < 1.29 is 9.53 Å². The first kappa shape index (κ1) is 17.2. The Balaban J connectivity index is 1.96. The average Bonchev–Trinajstić information content (AvgIpc) is 2.48. The Morgan fingerprint density at radius 2 is 2.09 bits per heavy atom. The Kier molecular flexibility index (Phi) is 6.61. The highest BCUT2D eigenvalue weighted by atomic mass is 79.9. The molecule has 22 heavy (non-hydrogen) atoms. The fourth-order valence-electron chi connectivity index (χ4n) is 1.77. The van der Waals surface area contributed by atoms with Gasteiger partial charge in [-0.25, -0.2) is 0 Å². The van der Waals surface area contributed by atoms with E-state index in [-0.39, 0.29) is 12.5 Å². The van der Waals surface area contributed by atoms with Crippen molar-refractivity contribution in [3.8, 4) is 5.75 Å². The number of anilines is 1. The van der Waals surface area contributed by atoms with Gasteiger partial charge >= 0.3 is 0 Å². The van der Waals surface area contributed by atoms with Crippen molar-refractivity contribution in [1.29, 1.82) is 0 Å². The van der Waals surface area contributed by atoms with Crippen molar-refractivity contribution in [3.05, 3.63) is 52.0 Å². The zero-order valence-electron chi connectivity index (χ0n) is 11.9. The molecule has 0 saturated heterocycles. The molecule has 1 N–H and O–H groups in total. The van der Waals surface area contributed by atoms with Gasteiger partial charge in [0, 0.05) is 9.37 Å². The van der Waals surface area contributed by atoms with Crippen molar-refractivity contribution in [2.45, 2.75) is 11.8 Å². The maximum Gasteiger partial charge on any atom is 0.262 e. The molecule has 2 aromatic rings. The monoisotopic (exact) mass is 399 g/mol. The molecule has 0 heterocycles. The largest absolute Gasteiger partial charge is 0.482 e. The molecule has 0 fully saturated rings. The Bertz CT molecular complexity index is 666. The molecule has 6 heteroatoms. The third kappa shape index (κ3) is 4.93. The molecular formula is C16H15BrClNO2S. The van der Waals surface area contributed by atoms with Gasteiger partial charge in [-0.05, 0) is 36.1 Å². The molecule has 2 aromatic carbocycles. The van der Waals surface area contributed by atoms with Crippen molar-refractivity contribution in [2.24, 2.45) is 0 Å². The number of rotatable bonds is 6. The van der Waals surface area contributed by atoms with Crippen LogP contribution in [-0.2, 0) is 4.79 Å². The fraction of sp³-hybridized carbons (Fsp3) is 0.188. The minimum atomic E-state index is -0.219. The number of benzene rings is 2. The van der Waals surface area contributed by atoms with Gasteiger partial charge < -0.3 is 10.1 Å². The van der Waals surface area contributed by atoms with E-state index >= 15 is 0 Å². The van der Waals surface area contributed by atoms with Crippen molar-refractivity contribution in [3.63, 3.8) is 0 Å². The van der Waals surface area contributed by atoms with E-state index in [4.69, 9.17) is 16.3 Å². The molecule has 0 spiro atoms. The van der Waals surface area contributed by atoms with Crippen LogP contribution in [-0.4, -0.2) is 18.3 Å². The highest BCUT2D eigenvalue weighted by Crippen LogP contribution is 2.28. The first-order valence-corrected chi connectivity index (χ1v) is 8.85. The van der Waals surface area contributed by atoms with Gasteiger partial charge in [0.25, 0.3) is 5.91 Å². The van der Waals surface area contributed by atoms with Gasteiger partial charge in [0.05, 0.1) is 10.7 Å². The second kappa shape index (κ2) is 8.46. The molecule has 1 amide bonds. The molecule has 2 rings (SSSR count). The number of amides is 1. The van der Waals surface area contributed by atoms with Crippen LogP contribution in [0.2, 0.25) is 5.02 Å². The number of halogens is 2. The van der Waals surface area contributed by atoms with E-state index < -0.39 is 0 Å².